The summed E-state index contributed by atoms with van der Waals surface area (Å²) < 4.78 is 46.5. The van der Waals surface area contributed by atoms with Crippen molar-refractivity contribution in [2.45, 2.75) is 26.4 Å². The van der Waals surface area contributed by atoms with E-state index >= 15 is 0 Å². The largest absolute Gasteiger partial charge is 0.415 e. The molecule has 5 rings (SSSR count). The van der Waals surface area contributed by atoms with Gasteiger partial charge in [0.2, 0.25) is 5.89 Å². The second-order valence-electron chi connectivity index (χ2n) is 8.76. The van der Waals surface area contributed by atoms with Crippen molar-refractivity contribution in [3.63, 3.8) is 0 Å². The number of nitrogens with zero attached hydrogens (tertiary/aromatic N) is 7. The fourth-order valence-electron chi connectivity index (χ4n) is 4.28. The number of hydrogen-bond donors (Lipinski definition) is 0. The Bertz CT molecular complexity index is 1310. The fraction of sp³-hybridized carbons (Fsp3) is 0.360. The molecule has 8 nitrogen and oxygen atoms in total. The van der Waals surface area contributed by atoms with E-state index in [1.54, 1.807) is 16.9 Å². The van der Waals surface area contributed by atoms with Crippen LogP contribution in [0.1, 0.15) is 30.4 Å². The van der Waals surface area contributed by atoms with E-state index in [4.69, 9.17) is 4.42 Å². The average Bonchev–Trinajstić information content (AvgIpc) is 3.57. The minimum absolute atomic E-state index is 0.159. The summed E-state index contributed by atoms with van der Waals surface area (Å²) in [5.41, 5.74) is 3.46. The first-order chi connectivity index (χ1) is 17.5. The van der Waals surface area contributed by atoms with Gasteiger partial charge in [-0.1, -0.05) is 36.4 Å². The van der Waals surface area contributed by atoms with Crippen molar-refractivity contribution in [1.82, 2.24) is 35.0 Å². The third-order valence-corrected chi connectivity index (χ3v) is 6.34. The molecular weight excluding hydrogens is 471 g/mol. The van der Waals surface area contributed by atoms with Crippen LogP contribution < -0.4 is 0 Å². The first-order valence-corrected chi connectivity index (χ1v) is 11.8. The third kappa shape index (κ3) is 5.47. The molecule has 0 spiro atoms. The van der Waals surface area contributed by atoms with E-state index in [0.717, 1.165) is 44.8 Å². The molecule has 2 aromatic carbocycles. The zero-order valence-corrected chi connectivity index (χ0v) is 19.8. The lowest BCUT2D eigenvalue weighted by molar-refractivity contribution is 0.116. The van der Waals surface area contributed by atoms with Crippen LogP contribution in [0.5, 0.6) is 0 Å². The van der Waals surface area contributed by atoms with Crippen molar-refractivity contribution in [3.8, 4) is 22.7 Å². The molecule has 0 aliphatic carbocycles. The Balaban J connectivity index is 1.25. The molecule has 1 aliphatic heterocycles. The average molecular weight is 498 g/mol. The van der Waals surface area contributed by atoms with Crippen LogP contribution in [0.2, 0.25) is 0 Å². The van der Waals surface area contributed by atoms with Crippen molar-refractivity contribution in [2.75, 3.05) is 32.7 Å². The van der Waals surface area contributed by atoms with E-state index in [-0.39, 0.29) is 18.0 Å². The van der Waals surface area contributed by atoms with Gasteiger partial charge in [0.25, 0.3) is 5.89 Å². The molecule has 0 bridgehead atoms. The fourth-order valence-corrected chi connectivity index (χ4v) is 4.28. The van der Waals surface area contributed by atoms with Crippen molar-refractivity contribution in [2.24, 2.45) is 0 Å². The Labute approximate surface area is 206 Å². The highest BCUT2D eigenvalue weighted by molar-refractivity contribution is 5.58. The van der Waals surface area contributed by atoms with Crippen LogP contribution in [0.25, 0.3) is 22.7 Å². The summed E-state index contributed by atoms with van der Waals surface area (Å²) in [6.45, 7) is 8.62. The van der Waals surface area contributed by atoms with Gasteiger partial charge in [-0.15, -0.1) is 15.3 Å². The normalized spacial score (nSPS) is 15.1. The van der Waals surface area contributed by atoms with Crippen LogP contribution in [0.3, 0.4) is 0 Å². The molecule has 4 aromatic rings. The van der Waals surface area contributed by atoms with E-state index in [1.165, 1.54) is 17.7 Å². The maximum Gasteiger partial charge on any atom is 0.314 e. The van der Waals surface area contributed by atoms with Crippen LogP contribution in [0, 0.1) is 5.82 Å². The van der Waals surface area contributed by atoms with Crippen molar-refractivity contribution < 1.29 is 17.6 Å². The Morgan fingerprint density at radius 3 is 2.44 bits per heavy atom. The van der Waals surface area contributed by atoms with Crippen molar-refractivity contribution in [3.05, 3.63) is 71.5 Å². The monoisotopic (exact) mass is 497 g/mol. The number of aromatic nitrogens is 5. The molecule has 36 heavy (non-hydrogen) atoms. The molecule has 0 atom stereocenters. The van der Waals surface area contributed by atoms with Gasteiger partial charge in [0.1, 0.15) is 11.5 Å². The van der Waals surface area contributed by atoms with Gasteiger partial charge in [-0.2, -0.15) is 8.78 Å². The zero-order valence-electron chi connectivity index (χ0n) is 19.8. The van der Waals surface area contributed by atoms with Crippen molar-refractivity contribution >= 4 is 0 Å². The lowest BCUT2D eigenvalue weighted by atomic mass is 10.1. The lowest BCUT2D eigenvalue weighted by Crippen LogP contribution is -2.45. The molecule has 1 saturated heterocycles. The second-order valence-corrected chi connectivity index (χ2v) is 8.76. The van der Waals surface area contributed by atoms with E-state index in [2.05, 4.69) is 49.4 Å². The molecule has 0 radical (unpaired) electrons. The van der Waals surface area contributed by atoms with Crippen molar-refractivity contribution in [1.29, 1.82) is 0 Å². The number of halogens is 3. The number of rotatable bonds is 8. The highest BCUT2D eigenvalue weighted by Gasteiger charge is 2.18. The smallest absolute Gasteiger partial charge is 0.314 e. The topological polar surface area (TPSA) is 76.1 Å². The Morgan fingerprint density at radius 1 is 0.917 bits per heavy atom. The van der Waals surface area contributed by atoms with Gasteiger partial charge in [0, 0.05) is 49.4 Å². The molecule has 2 aromatic heterocycles. The number of piperazine rings is 1. The number of likely N-dealkylation sites (N-methyl/N-ethyl adjacent to an activating group) is 1. The Hall–Kier alpha value is -3.57. The minimum atomic E-state index is -2.88. The minimum Gasteiger partial charge on any atom is -0.415 e. The molecule has 0 amide bonds. The van der Waals surface area contributed by atoms with Crippen LogP contribution >= 0.6 is 0 Å². The molecule has 0 unspecified atom stereocenters. The predicted molar refractivity (Wildman–Crippen MR) is 127 cm³/mol. The quantitative estimate of drug-likeness (QED) is 0.360. The first kappa shape index (κ1) is 24.1. The highest BCUT2D eigenvalue weighted by atomic mass is 19.3. The van der Waals surface area contributed by atoms with Crippen LogP contribution in [-0.4, -0.2) is 67.7 Å². The summed E-state index contributed by atoms with van der Waals surface area (Å²) in [6, 6.07) is 12.5. The maximum atomic E-state index is 14.7. The maximum absolute atomic E-state index is 14.7. The van der Waals surface area contributed by atoms with Crippen LogP contribution in [0.15, 0.2) is 53.1 Å². The van der Waals surface area contributed by atoms with Gasteiger partial charge in [0.15, 0.2) is 0 Å². The van der Waals surface area contributed by atoms with Gasteiger partial charge in [-0.05, 0) is 30.3 Å². The molecule has 1 aliphatic rings. The van der Waals surface area contributed by atoms with E-state index < -0.39 is 18.1 Å². The second kappa shape index (κ2) is 10.6. The van der Waals surface area contributed by atoms with Gasteiger partial charge in [-0.3, -0.25) is 4.90 Å². The highest BCUT2D eigenvalue weighted by Crippen LogP contribution is 2.25. The Kier molecular flexibility index (Phi) is 7.10. The summed E-state index contributed by atoms with van der Waals surface area (Å²) in [4.78, 5) is 4.91. The molecule has 1 fully saturated rings. The molecule has 11 heteroatoms. The summed E-state index contributed by atoms with van der Waals surface area (Å²) in [7, 11) is 0. The van der Waals surface area contributed by atoms with Gasteiger partial charge in [-0.25, -0.2) is 9.07 Å². The molecule has 0 saturated carbocycles. The summed E-state index contributed by atoms with van der Waals surface area (Å²) in [5.74, 6) is -1.50. The van der Waals surface area contributed by atoms with Crippen LogP contribution in [0.4, 0.5) is 13.2 Å². The molecule has 0 N–H and O–H groups in total. The zero-order chi connectivity index (χ0) is 25.1. The summed E-state index contributed by atoms with van der Waals surface area (Å²) in [6.07, 6.45) is -1.10. The Morgan fingerprint density at radius 2 is 1.72 bits per heavy atom. The summed E-state index contributed by atoms with van der Waals surface area (Å²) in [5, 5.41) is 15.3. The number of benzene rings is 2. The predicted octanol–water partition coefficient (Wildman–Crippen LogP) is 4.26. The molecular formula is C25H26F3N7O. The third-order valence-electron chi connectivity index (χ3n) is 6.34. The SMILES string of the molecule is CCN1CCN(Cc2cccc(-c3cn(Cc4ccc(-c5nnc(C(F)F)o5)cc4F)nn3)c2)CC1. The van der Waals surface area contributed by atoms with E-state index in [0.29, 0.717) is 11.3 Å². The molecule has 188 valence electrons. The summed E-state index contributed by atoms with van der Waals surface area (Å²) >= 11 is 0. The molecule has 3 heterocycles. The van der Waals surface area contributed by atoms with Gasteiger partial charge >= 0.3 is 6.43 Å². The van der Waals surface area contributed by atoms with Gasteiger partial charge < -0.3 is 9.32 Å². The van der Waals surface area contributed by atoms with E-state index in [9.17, 15) is 13.2 Å². The number of alkyl halides is 2. The number of hydrogen-bond acceptors (Lipinski definition) is 7. The van der Waals surface area contributed by atoms with E-state index in [1.807, 2.05) is 12.1 Å². The van der Waals surface area contributed by atoms with Gasteiger partial charge in [0.05, 0.1) is 12.7 Å². The first-order valence-electron chi connectivity index (χ1n) is 11.8. The lowest BCUT2D eigenvalue weighted by Gasteiger charge is -2.34. The van der Waals surface area contributed by atoms with Crippen LogP contribution in [-0.2, 0) is 13.1 Å². The standard InChI is InChI=1S/C25H26F3N7O/c1-2-33-8-10-34(11-9-33)14-17-4-3-5-18(12-17)22-16-35(32-29-22)15-20-7-6-19(13-21(20)26)24-30-31-25(36-24)23(27)28/h3-7,12-13,16,23H,2,8-11,14-15H2,1H3.